The Hall–Kier alpha value is -0.740. The van der Waals surface area contributed by atoms with Crippen LogP contribution in [0.5, 0.6) is 0 Å². The number of nitrogens with two attached hydrogens (primary N) is 1. The Balaban J connectivity index is 2.18. The molecule has 100 valence electrons. The van der Waals surface area contributed by atoms with Gasteiger partial charge in [0.05, 0.1) is 5.54 Å². The molecule has 1 heterocycles. The number of hydrogen-bond acceptors (Lipinski definition) is 3. The van der Waals surface area contributed by atoms with E-state index in [-0.39, 0.29) is 16.8 Å². The second kappa shape index (κ2) is 5.10. The van der Waals surface area contributed by atoms with Gasteiger partial charge in [0, 0.05) is 18.0 Å². The van der Waals surface area contributed by atoms with Crippen LogP contribution in [0.25, 0.3) is 0 Å². The first-order valence-electron chi connectivity index (χ1n) is 6.26. The lowest BCUT2D eigenvalue weighted by Crippen LogP contribution is -2.53. The molecule has 0 aliphatic carbocycles. The first kappa shape index (κ1) is 13.7. The Morgan fingerprint density at radius 2 is 2.17 bits per heavy atom. The van der Waals surface area contributed by atoms with Crippen molar-refractivity contribution in [2.24, 2.45) is 11.1 Å². The minimum Gasteiger partial charge on any atom is -0.377 e. The number of benzene rings is 1. The summed E-state index contributed by atoms with van der Waals surface area (Å²) in [5.74, 6) is 1.91. The summed E-state index contributed by atoms with van der Waals surface area (Å²) in [6.07, 6.45) is 1.01. The minimum absolute atomic E-state index is 0.125. The van der Waals surface area contributed by atoms with Gasteiger partial charge >= 0.3 is 0 Å². The average molecular weight is 268 g/mol. The zero-order valence-electron chi connectivity index (χ0n) is 11.0. The Morgan fingerprint density at radius 3 is 2.78 bits per heavy atom. The van der Waals surface area contributed by atoms with Crippen molar-refractivity contribution in [1.29, 1.82) is 0 Å². The summed E-state index contributed by atoms with van der Waals surface area (Å²) in [6.45, 7) is 5.09. The third-order valence-electron chi connectivity index (χ3n) is 3.31. The Bertz CT molecular complexity index is 422. The first-order valence-corrected chi connectivity index (χ1v) is 7.42. The van der Waals surface area contributed by atoms with Crippen LogP contribution >= 0.6 is 11.8 Å². The van der Waals surface area contributed by atoms with Crippen LogP contribution in [-0.4, -0.2) is 23.6 Å². The maximum atomic E-state index is 13.2. The van der Waals surface area contributed by atoms with E-state index in [0.29, 0.717) is 6.54 Å². The van der Waals surface area contributed by atoms with Crippen LogP contribution in [0, 0.1) is 11.2 Å². The number of thioether (sulfide) groups is 1. The van der Waals surface area contributed by atoms with Crippen molar-refractivity contribution < 1.29 is 4.39 Å². The molecule has 1 aliphatic heterocycles. The summed E-state index contributed by atoms with van der Waals surface area (Å²) in [7, 11) is 0. The van der Waals surface area contributed by atoms with Gasteiger partial charge < -0.3 is 11.1 Å². The molecule has 1 aromatic rings. The monoisotopic (exact) mass is 268 g/mol. The lowest BCUT2D eigenvalue weighted by atomic mass is 9.79. The second-order valence-corrected chi connectivity index (χ2v) is 6.94. The van der Waals surface area contributed by atoms with Crippen LogP contribution in [0.4, 0.5) is 10.1 Å². The van der Waals surface area contributed by atoms with E-state index in [1.807, 2.05) is 17.8 Å². The molecule has 1 atom stereocenters. The average Bonchev–Trinajstić information content (AvgIpc) is 2.27. The van der Waals surface area contributed by atoms with Crippen LogP contribution in [0.1, 0.15) is 20.3 Å². The molecular weight excluding hydrogens is 247 g/mol. The van der Waals surface area contributed by atoms with Crippen LogP contribution in [-0.2, 0) is 0 Å². The molecule has 1 fully saturated rings. The van der Waals surface area contributed by atoms with E-state index in [1.165, 1.54) is 12.1 Å². The number of rotatable bonds is 3. The van der Waals surface area contributed by atoms with E-state index in [2.05, 4.69) is 19.2 Å². The predicted molar refractivity (Wildman–Crippen MR) is 77.5 cm³/mol. The number of nitrogens with one attached hydrogen (secondary N) is 1. The van der Waals surface area contributed by atoms with Gasteiger partial charge in [-0.15, -0.1) is 0 Å². The Kier molecular flexibility index (Phi) is 3.87. The molecule has 0 saturated carbocycles. The third-order valence-corrected chi connectivity index (χ3v) is 5.06. The molecule has 1 saturated heterocycles. The van der Waals surface area contributed by atoms with Gasteiger partial charge in [-0.2, -0.15) is 11.8 Å². The molecule has 0 aromatic heterocycles. The number of halogens is 1. The van der Waals surface area contributed by atoms with Crippen molar-refractivity contribution in [3.05, 3.63) is 30.1 Å². The number of anilines is 1. The fourth-order valence-electron chi connectivity index (χ4n) is 2.68. The number of hydrogen-bond donors (Lipinski definition) is 2. The van der Waals surface area contributed by atoms with Crippen molar-refractivity contribution in [2.75, 3.05) is 23.4 Å². The SMILES string of the molecule is CC1(C)CSCC(CN)(Nc2cccc(F)c2)C1. The smallest absolute Gasteiger partial charge is 0.125 e. The third kappa shape index (κ3) is 3.18. The molecule has 4 heteroatoms. The second-order valence-electron chi connectivity index (χ2n) is 5.95. The highest BCUT2D eigenvalue weighted by Crippen LogP contribution is 2.40. The van der Waals surface area contributed by atoms with E-state index < -0.39 is 0 Å². The summed E-state index contributed by atoms with van der Waals surface area (Å²) >= 11 is 1.92. The first-order chi connectivity index (χ1) is 8.45. The normalized spacial score (nSPS) is 26.9. The summed E-state index contributed by atoms with van der Waals surface area (Å²) in [6, 6.07) is 6.61. The lowest BCUT2D eigenvalue weighted by molar-refractivity contribution is 0.290. The highest BCUT2D eigenvalue weighted by atomic mass is 32.2. The Morgan fingerprint density at radius 1 is 1.39 bits per heavy atom. The zero-order chi connectivity index (χ0) is 13.2. The van der Waals surface area contributed by atoms with Crippen molar-refractivity contribution in [3.63, 3.8) is 0 Å². The van der Waals surface area contributed by atoms with E-state index in [9.17, 15) is 4.39 Å². The maximum Gasteiger partial charge on any atom is 0.125 e. The summed E-state index contributed by atoms with van der Waals surface area (Å²) in [5, 5.41) is 3.45. The summed E-state index contributed by atoms with van der Waals surface area (Å²) in [4.78, 5) is 0. The predicted octanol–water partition coefficient (Wildman–Crippen LogP) is 3.10. The molecule has 0 spiro atoms. The standard InChI is InChI=1S/C14H21FN2S/c1-13(2)7-14(8-16,10-18-9-13)17-12-5-3-4-11(15)6-12/h3-6,17H,7-10,16H2,1-2H3. The molecule has 2 rings (SSSR count). The molecule has 1 aromatic carbocycles. The van der Waals surface area contributed by atoms with Gasteiger partial charge in [-0.05, 0) is 35.8 Å². The highest BCUT2D eigenvalue weighted by Gasteiger charge is 2.39. The van der Waals surface area contributed by atoms with Gasteiger partial charge in [0.25, 0.3) is 0 Å². The molecule has 0 bridgehead atoms. The summed E-state index contributed by atoms with van der Waals surface area (Å²) in [5.41, 5.74) is 6.94. The van der Waals surface area contributed by atoms with Gasteiger partial charge in [-0.3, -0.25) is 0 Å². The lowest BCUT2D eigenvalue weighted by Gasteiger charge is -2.45. The van der Waals surface area contributed by atoms with Crippen LogP contribution in [0.2, 0.25) is 0 Å². The molecule has 18 heavy (non-hydrogen) atoms. The fraction of sp³-hybridized carbons (Fsp3) is 0.571. The largest absolute Gasteiger partial charge is 0.377 e. The fourth-order valence-corrected chi connectivity index (χ4v) is 4.12. The van der Waals surface area contributed by atoms with Gasteiger partial charge in [-0.25, -0.2) is 4.39 Å². The minimum atomic E-state index is -0.213. The quantitative estimate of drug-likeness (QED) is 0.884. The summed E-state index contributed by atoms with van der Waals surface area (Å²) < 4.78 is 13.2. The van der Waals surface area contributed by atoms with E-state index in [4.69, 9.17) is 5.73 Å². The maximum absolute atomic E-state index is 13.2. The molecular formula is C14H21FN2S. The van der Waals surface area contributed by atoms with E-state index in [1.54, 1.807) is 6.07 Å². The topological polar surface area (TPSA) is 38.0 Å². The molecule has 2 nitrogen and oxygen atoms in total. The van der Waals surface area contributed by atoms with Crippen LogP contribution in [0.3, 0.4) is 0 Å². The van der Waals surface area contributed by atoms with Gasteiger partial charge in [0.2, 0.25) is 0 Å². The molecule has 0 amide bonds. The molecule has 0 radical (unpaired) electrons. The van der Waals surface area contributed by atoms with Crippen molar-refractivity contribution >= 4 is 17.4 Å². The van der Waals surface area contributed by atoms with Gasteiger partial charge in [0.15, 0.2) is 0 Å². The van der Waals surface area contributed by atoms with Crippen molar-refractivity contribution in [2.45, 2.75) is 25.8 Å². The van der Waals surface area contributed by atoms with Crippen LogP contribution < -0.4 is 11.1 Å². The van der Waals surface area contributed by atoms with Crippen molar-refractivity contribution in [1.82, 2.24) is 0 Å². The van der Waals surface area contributed by atoms with Gasteiger partial charge in [0.1, 0.15) is 5.82 Å². The molecule has 1 unspecified atom stereocenters. The Labute approximate surface area is 113 Å². The molecule has 1 aliphatic rings. The van der Waals surface area contributed by atoms with Crippen molar-refractivity contribution in [3.8, 4) is 0 Å². The zero-order valence-corrected chi connectivity index (χ0v) is 11.8. The highest BCUT2D eigenvalue weighted by molar-refractivity contribution is 7.99. The van der Waals surface area contributed by atoms with Crippen LogP contribution in [0.15, 0.2) is 24.3 Å². The van der Waals surface area contributed by atoms with E-state index in [0.717, 1.165) is 23.6 Å². The van der Waals surface area contributed by atoms with Gasteiger partial charge in [-0.1, -0.05) is 19.9 Å². The molecule has 3 N–H and O–H groups in total. The van der Waals surface area contributed by atoms with E-state index >= 15 is 0 Å².